The number of carbonyl (C=O) groups is 2. The van der Waals surface area contributed by atoms with Gasteiger partial charge < -0.3 is 15.3 Å². The van der Waals surface area contributed by atoms with Crippen molar-refractivity contribution in [2.24, 2.45) is 0 Å². The summed E-state index contributed by atoms with van der Waals surface area (Å²) in [6.07, 6.45) is 1.44. The summed E-state index contributed by atoms with van der Waals surface area (Å²) in [4.78, 5) is 28.1. The highest BCUT2D eigenvalue weighted by Gasteiger charge is 2.37. The normalized spacial score (nSPS) is 13.0. The first-order valence-corrected chi connectivity index (χ1v) is 5.77. The molecule has 98 valence electrons. The van der Waals surface area contributed by atoms with Crippen molar-refractivity contribution in [3.05, 3.63) is 29.5 Å². The topological polar surface area (TPSA) is 108 Å². The van der Waals surface area contributed by atoms with Crippen molar-refractivity contribution in [1.29, 1.82) is 0 Å². The van der Waals surface area contributed by atoms with E-state index in [4.69, 9.17) is 0 Å². The van der Waals surface area contributed by atoms with Crippen LogP contribution < -0.4 is 5.46 Å². The molecule has 1 aromatic heterocycles. The Morgan fingerprint density at radius 3 is 2.35 bits per heavy atom. The minimum absolute atomic E-state index is 0.109. The predicted octanol–water partition coefficient (Wildman–Crippen LogP) is -0.497. The first kappa shape index (κ1) is 12.2. The van der Waals surface area contributed by atoms with Crippen molar-refractivity contribution >= 4 is 24.9 Å². The molecule has 20 heavy (non-hydrogen) atoms. The highest BCUT2D eigenvalue weighted by Crippen LogP contribution is 2.44. The molecular weight excluding hydrogens is 261 g/mol. The largest absolute Gasteiger partial charge is 0.505 e. The van der Waals surface area contributed by atoms with E-state index in [0.717, 1.165) is 0 Å². The molecule has 6 nitrogen and oxygen atoms in total. The van der Waals surface area contributed by atoms with Gasteiger partial charge in [-0.05, 0) is 17.6 Å². The number of fused-ring (bicyclic) bond motifs is 3. The Balaban J connectivity index is 2.54. The maximum atomic E-state index is 12.1. The molecule has 0 spiro atoms. The highest BCUT2D eigenvalue weighted by atomic mass is 16.3. The number of aromatic nitrogens is 1. The van der Waals surface area contributed by atoms with Crippen LogP contribution in [0, 0.1) is 0 Å². The van der Waals surface area contributed by atoms with E-state index in [1.807, 2.05) is 0 Å². The monoisotopic (exact) mass is 269 g/mol. The minimum atomic E-state index is -0.934. The zero-order valence-corrected chi connectivity index (χ0v) is 10.3. The number of hydrogen-bond donors (Lipinski definition) is 3. The first-order valence-electron chi connectivity index (χ1n) is 5.77. The summed E-state index contributed by atoms with van der Waals surface area (Å²) in [5, 5.41) is 29.2. The lowest BCUT2D eigenvalue weighted by molar-refractivity contribution is 0.0813. The molecule has 0 radical (unpaired) electrons. The first-order chi connectivity index (χ1) is 9.45. The Kier molecular flexibility index (Phi) is 2.34. The number of aromatic hydroxyl groups is 3. The van der Waals surface area contributed by atoms with Crippen molar-refractivity contribution in [2.75, 3.05) is 0 Å². The zero-order chi connectivity index (χ0) is 14.6. The predicted molar refractivity (Wildman–Crippen MR) is 71.5 cm³/mol. The number of phenols is 3. The molecule has 0 saturated carbocycles. The van der Waals surface area contributed by atoms with Crippen LogP contribution in [0.25, 0.3) is 11.3 Å². The standard InChI is InChI=1S/C13H8BNO5/c14-7-5-6(11(18)13(20)12(7)19)10(17)9(16)4-2-1-3-15-8(4)5/h1-3,18-20H,14H2. The molecule has 3 rings (SSSR count). The third kappa shape index (κ3) is 1.31. The fourth-order valence-corrected chi connectivity index (χ4v) is 2.37. The lowest BCUT2D eigenvalue weighted by atomic mass is 9.77. The summed E-state index contributed by atoms with van der Waals surface area (Å²) < 4.78 is 0. The van der Waals surface area contributed by atoms with E-state index in [-0.39, 0.29) is 27.8 Å². The maximum absolute atomic E-state index is 12.1. The van der Waals surface area contributed by atoms with Gasteiger partial charge in [0.1, 0.15) is 7.85 Å². The molecular formula is C13H8BNO5. The molecule has 0 unspecified atom stereocenters. The summed E-state index contributed by atoms with van der Waals surface area (Å²) in [7, 11) is 1.47. The van der Waals surface area contributed by atoms with E-state index in [9.17, 15) is 24.9 Å². The molecule has 0 fully saturated rings. The van der Waals surface area contributed by atoms with Crippen molar-refractivity contribution in [1.82, 2.24) is 4.98 Å². The van der Waals surface area contributed by atoms with Gasteiger partial charge >= 0.3 is 0 Å². The van der Waals surface area contributed by atoms with Gasteiger partial charge in [0.05, 0.1) is 16.8 Å². The van der Waals surface area contributed by atoms with Gasteiger partial charge in [-0.2, -0.15) is 0 Å². The van der Waals surface area contributed by atoms with Crippen LogP contribution in [-0.2, 0) is 0 Å². The number of benzene rings is 1. The number of rotatable bonds is 0. The molecule has 1 aliphatic carbocycles. The van der Waals surface area contributed by atoms with Gasteiger partial charge in [-0.1, -0.05) is 0 Å². The van der Waals surface area contributed by atoms with Gasteiger partial charge in [-0.25, -0.2) is 0 Å². The van der Waals surface area contributed by atoms with Gasteiger partial charge in [0.2, 0.25) is 11.6 Å². The Bertz CT molecular complexity index is 800. The number of phenolic OH excluding ortho intramolecular Hbond substituents is 3. The summed E-state index contributed by atoms with van der Waals surface area (Å²) in [5.41, 5.74) is 0.330. The lowest BCUT2D eigenvalue weighted by Gasteiger charge is -2.21. The van der Waals surface area contributed by atoms with E-state index < -0.39 is 28.8 Å². The number of carbonyl (C=O) groups excluding carboxylic acids is 2. The third-order valence-corrected chi connectivity index (χ3v) is 3.39. The van der Waals surface area contributed by atoms with E-state index in [0.29, 0.717) is 0 Å². The average molecular weight is 269 g/mol. The SMILES string of the molecule is Bc1c(O)c(O)c(O)c2c1-c1ncccc1C(=O)C2=O. The van der Waals surface area contributed by atoms with E-state index in [1.165, 1.54) is 26.2 Å². The Morgan fingerprint density at radius 1 is 0.950 bits per heavy atom. The molecule has 0 saturated heterocycles. The van der Waals surface area contributed by atoms with Crippen LogP contribution in [0.15, 0.2) is 18.3 Å². The smallest absolute Gasteiger partial charge is 0.238 e. The van der Waals surface area contributed by atoms with Crippen LogP contribution in [0.4, 0.5) is 0 Å². The Morgan fingerprint density at radius 2 is 1.65 bits per heavy atom. The van der Waals surface area contributed by atoms with Gasteiger partial charge in [0.15, 0.2) is 17.2 Å². The van der Waals surface area contributed by atoms with Gasteiger partial charge in [0.25, 0.3) is 0 Å². The second kappa shape index (κ2) is 3.83. The molecule has 3 N–H and O–H groups in total. The maximum Gasteiger partial charge on any atom is 0.238 e. The van der Waals surface area contributed by atoms with Gasteiger partial charge in [-0.3, -0.25) is 14.6 Å². The Labute approximate surface area is 113 Å². The molecule has 0 bridgehead atoms. The van der Waals surface area contributed by atoms with Crippen LogP contribution in [-0.4, -0.2) is 39.7 Å². The summed E-state index contributed by atoms with van der Waals surface area (Å²) in [6, 6.07) is 2.97. The van der Waals surface area contributed by atoms with E-state index in [2.05, 4.69) is 4.98 Å². The van der Waals surface area contributed by atoms with Crippen LogP contribution in [0.1, 0.15) is 20.7 Å². The summed E-state index contributed by atoms with van der Waals surface area (Å²) in [6.45, 7) is 0. The van der Waals surface area contributed by atoms with Gasteiger partial charge in [0, 0.05) is 11.8 Å². The quantitative estimate of drug-likeness (QED) is 0.338. The van der Waals surface area contributed by atoms with Crippen molar-refractivity contribution in [3.63, 3.8) is 0 Å². The molecule has 2 aromatic rings. The molecule has 0 aliphatic heterocycles. The molecule has 7 heteroatoms. The number of ketones is 2. The Hall–Kier alpha value is -2.83. The fraction of sp³-hybridized carbons (Fsp3) is 0. The fourth-order valence-electron chi connectivity index (χ4n) is 2.37. The number of Topliss-reactive ketones (excluding diaryl/α,β-unsaturated/α-hetero) is 2. The molecule has 0 atom stereocenters. The molecule has 1 heterocycles. The summed E-state index contributed by atoms with van der Waals surface area (Å²) in [5.74, 6) is -3.91. The van der Waals surface area contributed by atoms with Crippen LogP contribution in [0.5, 0.6) is 17.2 Å². The second-order valence-corrected chi connectivity index (χ2v) is 4.48. The van der Waals surface area contributed by atoms with Crippen LogP contribution >= 0.6 is 0 Å². The number of hydrogen-bond acceptors (Lipinski definition) is 6. The van der Waals surface area contributed by atoms with Gasteiger partial charge in [-0.15, -0.1) is 0 Å². The zero-order valence-electron chi connectivity index (χ0n) is 10.3. The van der Waals surface area contributed by atoms with E-state index in [1.54, 1.807) is 0 Å². The van der Waals surface area contributed by atoms with Crippen LogP contribution in [0.2, 0.25) is 0 Å². The number of pyridine rings is 1. The third-order valence-electron chi connectivity index (χ3n) is 3.39. The van der Waals surface area contributed by atoms with E-state index >= 15 is 0 Å². The average Bonchev–Trinajstić information content (AvgIpc) is 2.46. The summed E-state index contributed by atoms with van der Waals surface area (Å²) >= 11 is 0. The van der Waals surface area contributed by atoms with Crippen molar-refractivity contribution < 1.29 is 24.9 Å². The lowest BCUT2D eigenvalue weighted by Crippen LogP contribution is -2.26. The molecule has 0 amide bonds. The molecule has 1 aromatic carbocycles. The van der Waals surface area contributed by atoms with Crippen LogP contribution in [0.3, 0.4) is 0 Å². The minimum Gasteiger partial charge on any atom is -0.505 e. The second-order valence-electron chi connectivity index (χ2n) is 4.48. The number of nitrogens with zero attached hydrogens (tertiary/aromatic N) is 1. The highest BCUT2D eigenvalue weighted by molar-refractivity contribution is 6.55. The molecule has 1 aliphatic rings. The van der Waals surface area contributed by atoms with Crippen molar-refractivity contribution in [2.45, 2.75) is 0 Å². The van der Waals surface area contributed by atoms with Crippen molar-refractivity contribution in [3.8, 4) is 28.5 Å².